The zero-order valence-corrected chi connectivity index (χ0v) is 14.5. The highest BCUT2D eigenvalue weighted by Crippen LogP contribution is 2.36. The van der Waals surface area contributed by atoms with Crippen molar-refractivity contribution in [1.29, 1.82) is 0 Å². The van der Waals surface area contributed by atoms with Gasteiger partial charge < -0.3 is 10.2 Å². The molecule has 1 amide bonds. The fourth-order valence-electron chi connectivity index (χ4n) is 3.42. The number of carbonyl (C=O) groups excluding carboxylic acids is 1. The molecule has 0 aliphatic carbocycles. The molecular formula is C19H23N5O. The maximum Gasteiger partial charge on any atom is 0.246 e. The summed E-state index contributed by atoms with van der Waals surface area (Å²) in [7, 11) is 2.12. The molecule has 1 N–H and O–H groups in total. The number of rotatable bonds is 2. The van der Waals surface area contributed by atoms with Crippen molar-refractivity contribution in [1.82, 2.24) is 14.8 Å². The summed E-state index contributed by atoms with van der Waals surface area (Å²) in [5, 5.41) is 3.40. The lowest BCUT2D eigenvalue weighted by Gasteiger charge is -2.33. The van der Waals surface area contributed by atoms with Gasteiger partial charge in [0.15, 0.2) is 5.82 Å². The molecule has 6 nitrogen and oxygen atoms in total. The first-order chi connectivity index (χ1) is 12.2. The number of hydrogen-bond donors (Lipinski definition) is 1. The van der Waals surface area contributed by atoms with Gasteiger partial charge >= 0.3 is 0 Å². The quantitative estimate of drug-likeness (QED) is 0.907. The van der Waals surface area contributed by atoms with Gasteiger partial charge in [-0.1, -0.05) is 18.2 Å². The van der Waals surface area contributed by atoms with Crippen molar-refractivity contribution >= 4 is 23.1 Å². The van der Waals surface area contributed by atoms with Crippen LogP contribution in [0.2, 0.25) is 0 Å². The van der Waals surface area contributed by atoms with Crippen LogP contribution in [0.4, 0.5) is 17.2 Å². The lowest BCUT2D eigenvalue weighted by Crippen LogP contribution is -2.48. The number of pyridine rings is 1. The second kappa shape index (κ2) is 6.82. The highest BCUT2D eigenvalue weighted by molar-refractivity contribution is 6.04. The van der Waals surface area contributed by atoms with Crippen molar-refractivity contribution in [2.45, 2.75) is 6.54 Å². The molecule has 2 aliphatic rings. The van der Waals surface area contributed by atoms with Crippen molar-refractivity contribution in [2.24, 2.45) is 0 Å². The van der Waals surface area contributed by atoms with E-state index in [4.69, 9.17) is 0 Å². The first kappa shape index (κ1) is 16.1. The molecule has 2 aromatic rings. The van der Waals surface area contributed by atoms with Gasteiger partial charge in [-0.25, -0.2) is 4.98 Å². The predicted octanol–water partition coefficient (Wildman–Crippen LogP) is 1.92. The largest absolute Gasteiger partial charge is 0.378 e. The Hall–Kier alpha value is -2.44. The zero-order valence-electron chi connectivity index (χ0n) is 14.5. The van der Waals surface area contributed by atoms with Gasteiger partial charge in [-0.15, -0.1) is 0 Å². The molecule has 1 aromatic carbocycles. The van der Waals surface area contributed by atoms with Gasteiger partial charge in [-0.2, -0.15) is 0 Å². The van der Waals surface area contributed by atoms with Crippen LogP contribution in [-0.4, -0.2) is 60.5 Å². The molecule has 0 radical (unpaired) electrons. The van der Waals surface area contributed by atoms with Crippen LogP contribution in [0, 0.1) is 0 Å². The molecule has 0 atom stereocenters. The third kappa shape index (κ3) is 3.23. The minimum atomic E-state index is 0.0700. The van der Waals surface area contributed by atoms with E-state index in [1.165, 1.54) is 0 Å². The number of nitrogens with zero attached hydrogens (tertiary/aromatic N) is 4. The maximum atomic E-state index is 13.2. The number of carbonyl (C=O) groups is 1. The Morgan fingerprint density at radius 3 is 2.76 bits per heavy atom. The van der Waals surface area contributed by atoms with Crippen LogP contribution in [0.3, 0.4) is 0 Å². The summed E-state index contributed by atoms with van der Waals surface area (Å²) in [6.45, 7) is 4.95. The standard InChI is InChI=1S/C19H23N5O/c1-22-9-11-23(12-10-22)14-18(25)24-17-7-3-2-5-15(17)13-21-16-6-4-8-20-19(16)24/h2-8,21H,9-14H2,1H3. The number of amides is 1. The molecule has 6 heteroatoms. The SMILES string of the molecule is CN1CCN(CC(=O)N2c3ccccc3CNc3cccnc32)CC1. The fourth-order valence-corrected chi connectivity index (χ4v) is 3.42. The molecule has 0 spiro atoms. The van der Waals surface area contributed by atoms with Gasteiger partial charge in [0.2, 0.25) is 5.91 Å². The lowest BCUT2D eigenvalue weighted by molar-refractivity contribution is -0.119. The van der Waals surface area contributed by atoms with E-state index < -0.39 is 0 Å². The monoisotopic (exact) mass is 337 g/mol. The first-order valence-electron chi connectivity index (χ1n) is 8.73. The van der Waals surface area contributed by atoms with Gasteiger partial charge in [-0.3, -0.25) is 14.6 Å². The third-order valence-electron chi connectivity index (χ3n) is 4.90. The summed E-state index contributed by atoms with van der Waals surface area (Å²) in [5.41, 5.74) is 2.92. The van der Waals surface area contributed by atoms with Crippen LogP contribution in [0.25, 0.3) is 0 Å². The highest BCUT2D eigenvalue weighted by atomic mass is 16.2. The van der Waals surface area contributed by atoms with E-state index in [1.807, 2.05) is 30.3 Å². The Morgan fingerprint density at radius 1 is 1.12 bits per heavy atom. The molecule has 4 rings (SSSR count). The molecule has 0 unspecified atom stereocenters. The van der Waals surface area contributed by atoms with E-state index in [1.54, 1.807) is 11.1 Å². The summed E-state index contributed by atoms with van der Waals surface area (Å²) >= 11 is 0. The fraction of sp³-hybridized carbons (Fsp3) is 0.368. The number of nitrogens with one attached hydrogen (secondary N) is 1. The van der Waals surface area contributed by atoms with Gasteiger partial charge in [0.05, 0.1) is 17.9 Å². The Balaban J connectivity index is 1.66. The predicted molar refractivity (Wildman–Crippen MR) is 99.1 cm³/mol. The lowest BCUT2D eigenvalue weighted by atomic mass is 10.1. The number of para-hydroxylation sites is 1. The van der Waals surface area contributed by atoms with Crippen molar-refractivity contribution in [3.8, 4) is 0 Å². The van der Waals surface area contributed by atoms with E-state index in [2.05, 4.69) is 33.2 Å². The Kier molecular flexibility index (Phi) is 4.38. The smallest absolute Gasteiger partial charge is 0.246 e. The second-order valence-corrected chi connectivity index (χ2v) is 6.67. The zero-order chi connectivity index (χ0) is 17.2. The van der Waals surface area contributed by atoms with E-state index in [0.717, 1.165) is 43.1 Å². The topological polar surface area (TPSA) is 51.7 Å². The number of anilines is 3. The molecule has 1 aromatic heterocycles. The molecule has 1 saturated heterocycles. The maximum absolute atomic E-state index is 13.2. The molecule has 3 heterocycles. The van der Waals surface area contributed by atoms with Gasteiger partial charge in [0.25, 0.3) is 0 Å². The minimum Gasteiger partial charge on any atom is -0.378 e. The number of aromatic nitrogens is 1. The number of hydrogen-bond acceptors (Lipinski definition) is 5. The van der Waals surface area contributed by atoms with Crippen LogP contribution in [0.5, 0.6) is 0 Å². The van der Waals surface area contributed by atoms with E-state index in [9.17, 15) is 4.79 Å². The molecule has 25 heavy (non-hydrogen) atoms. The summed E-state index contributed by atoms with van der Waals surface area (Å²) in [6.07, 6.45) is 1.74. The van der Waals surface area contributed by atoms with Gasteiger partial charge in [-0.05, 0) is 30.8 Å². The molecular weight excluding hydrogens is 314 g/mol. The Labute approximate surface area is 148 Å². The summed E-state index contributed by atoms with van der Waals surface area (Å²) in [5.74, 6) is 0.757. The van der Waals surface area contributed by atoms with Gasteiger partial charge in [0.1, 0.15) is 0 Å². The summed E-state index contributed by atoms with van der Waals surface area (Å²) in [6, 6.07) is 11.9. The van der Waals surface area contributed by atoms with Crippen molar-refractivity contribution in [2.75, 3.05) is 50.0 Å². The minimum absolute atomic E-state index is 0.0700. The summed E-state index contributed by atoms with van der Waals surface area (Å²) < 4.78 is 0. The number of fused-ring (bicyclic) bond motifs is 2. The molecule has 0 bridgehead atoms. The van der Waals surface area contributed by atoms with Gasteiger partial charge in [0, 0.05) is 38.9 Å². The molecule has 2 aliphatic heterocycles. The van der Waals surface area contributed by atoms with Crippen LogP contribution in [0.1, 0.15) is 5.56 Å². The van der Waals surface area contributed by atoms with E-state index >= 15 is 0 Å². The molecule has 0 saturated carbocycles. The highest BCUT2D eigenvalue weighted by Gasteiger charge is 2.28. The number of likely N-dealkylation sites (N-methyl/N-ethyl adjacent to an activating group) is 1. The van der Waals surface area contributed by atoms with Crippen molar-refractivity contribution in [3.63, 3.8) is 0 Å². The average Bonchev–Trinajstić information content (AvgIpc) is 2.80. The van der Waals surface area contributed by atoms with Crippen molar-refractivity contribution in [3.05, 3.63) is 48.2 Å². The normalized spacial score (nSPS) is 18.0. The molecule has 1 fully saturated rings. The van der Waals surface area contributed by atoms with E-state index in [-0.39, 0.29) is 5.91 Å². The average molecular weight is 337 g/mol. The second-order valence-electron chi connectivity index (χ2n) is 6.67. The molecule has 130 valence electrons. The first-order valence-corrected chi connectivity index (χ1v) is 8.73. The van der Waals surface area contributed by atoms with Crippen LogP contribution in [-0.2, 0) is 11.3 Å². The number of piperazine rings is 1. The van der Waals surface area contributed by atoms with Crippen LogP contribution in [0.15, 0.2) is 42.6 Å². The Bertz CT molecular complexity index is 722. The van der Waals surface area contributed by atoms with E-state index in [0.29, 0.717) is 18.9 Å². The van der Waals surface area contributed by atoms with Crippen LogP contribution >= 0.6 is 0 Å². The summed E-state index contributed by atoms with van der Waals surface area (Å²) in [4.78, 5) is 24.0. The number of benzene rings is 1. The van der Waals surface area contributed by atoms with Crippen molar-refractivity contribution < 1.29 is 4.79 Å². The van der Waals surface area contributed by atoms with Crippen LogP contribution < -0.4 is 10.2 Å². The third-order valence-corrected chi connectivity index (χ3v) is 4.90. The Morgan fingerprint density at radius 2 is 1.92 bits per heavy atom.